The molecule has 0 aliphatic carbocycles. The van der Waals surface area contributed by atoms with Crippen LogP contribution in [0.5, 0.6) is 0 Å². The topological polar surface area (TPSA) is 60.9 Å². The number of benzene rings is 1. The van der Waals surface area contributed by atoms with Crippen LogP contribution in [0.2, 0.25) is 0 Å². The van der Waals surface area contributed by atoms with E-state index in [0.717, 1.165) is 29.8 Å². The lowest BCUT2D eigenvalue weighted by Crippen LogP contribution is -2.45. The van der Waals surface area contributed by atoms with Crippen molar-refractivity contribution in [2.24, 2.45) is 0 Å². The lowest BCUT2D eigenvalue weighted by atomic mass is 9.97. The molecular formula is C16H23N3O. The van der Waals surface area contributed by atoms with Gasteiger partial charge in [0.25, 0.3) is 0 Å². The van der Waals surface area contributed by atoms with Gasteiger partial charge in [-0.2, -0.15) is 5.10 Å². The van der Waals surface area contributed by atoms with Crippen LogP contribution in [0.3, 0.4) is 0 Å². The van der Waals surface area contributed by atoms with Crippen LogP contribution in [-0.4, -0.2) is 27.4 Å². The molecule has 1 heterocycles. The molecule has 0 fully saturated rings. The lowest BCUT2D eigenvalue weighted by molar-refractivity contribution is 0.163. The second-order valence-corrected chi connectivity index (χ2v) is 5.47. The molecule has 1 aromatic carbocycles. The predicted molar refractivity (Wildman–Crippen MR) is 81.3 cm³/mol. The molecule has 108 valence electrons. The fourth-order valence-corrected chi connectivity index (χ4v) is 2.29. The smallest absolute Gasteiger partial charge is 0.0924 e. The molecule has 2 rings (SSSR count). The Morgan fingerprint density at radius 1 is 1.30 bits per heavy atom. The molecule has 0 saturated carbocycles. The summed E-state index contributed by atoms with van der Waals surface area (Å²) in [6.07, 6.45) is 1.99. The number of H-pyrrole nitrogens is 1. The summed E-state index contributed by atoms with van der Waals surface area (Å²) in [5, 5.41) is 20.3. The van der Waals surface area contributed by atoms with E-state index >= 15 is 0 Å². The standard InChI is InChI=1S/C16H23N3O/c1-3-9-16(2,12-20)17-11-14-10-15(19-18-14)13-7-5-4-6-8-13/h4-8,10,17,20H,3,9,11-12H2,1-2H3,(H,18,19). The molecule has 20 heavy (non-hydrogen) atoms. The van der Waals surface area contributed by atoms with Gasteiger partial charge in [0.05, 0.1) is 12.3 Å². The Kier molecular flexibility index (Phi) is 4.93. The van der Waals surface area contributed by atoms with Gasteiger partial charge in [0, 0.05) is 23.3 Å². The van der Waals surface area contributed by atoms with Crippen molar-refractivity contribution in [1.82, 2.24) is 15.5 Å². The Morgan fingerprint density at radius 2 is 2.05 bits per heavy atom. The van der Waals surface area contributed by atoms with E-state index in [1.165, 1.54) is 0 Å². The Balaban J connectivity index is 2.00. The molecule has 1 unspecified atom stereocenters. The minimum absolute atomic E-state index is 0.139. The number of nitrogens with zero attached hydrogens (tertiary/aromatic N) is 1. The SMILES string of the molecule is CCCC(C)(CO)NCc1cc(-c2ccccc2)n[nH]1. The zero-order chi connectivity index (χ0) is 14.4. The summed E-state index contributed by atoms with van der Waals surface area (Å²) in [6, 6.07) is 12.1. The Labute approximate surface area is 120 Å². The quantitative estimate of drug-likeness (QED) is 0.727. The van der Waals surface area contributed by atoms with Gasteiger partial charge >= 0.3 is 0 Å². The largest absolute Gasteiger partial charge is 0.394 e. The second kappa shape index (κ2) is 6.68. The molecule has 0 aliphatic rings. The zero-order valence-corrected chi connectivity index (χ0v) is 12.2. The Hall–Kier alpha value is -1.65. The predicted octanol–water partition coefficient (Wildman–Crippen LogP) is 2.72. The van der Waals surface area contributed by atoms with Gasteiger partial charge in [-0.25, -0.2) is 0 Å². The van der Waals surface area contributed by atoms with Crippen LogP contribution in [0.1, 0.15) is 32.4 Å². The van der Waals surface area contributed by atoms with Gasteiger partial charge in [-0.05, 0) is 19.4 Å². The monoisotopic (exact) mass is 273 g/mol. The molecule has 0 bridgehead atoms. The van der Waals surface area contributed by atoms with Crippen LogP contribution in [0.15, 0.2) is 36.4 Å². The highest BCUT2D eigenvalue weighted by Crippen LogP contribution is 2.18. The Bertz CT molecular complexity index is 524. The number of aliphatic hydroxyl groups is 1. The van der Waals surface area contributed by atoms with Gasteiger partial charge in [0.1, 0.15) is 0 Å². The van der Waals surface area contributed by atoms with Crippen LogP contribution in [0.4, 0.5) is 0 Å². The van der Waals surface area contributed by atoms with E-state index < -0.39 is 0 Å². The van der Waals surface area contributed by atoms with Crippen molar-refractivity contribution in [3.8, 4) is 11.3 Å². The maximum atomic E-state index is 9.49. The molecular weight excluding hydrogens is 250 g/mol. The molecule has 0 saturated heterocycles. The minimum Gasteiger partial charge on any atom is -0.394 e. The van der Waals surface area contributed by atoms with Crippen molar-refractivity contribution < 1.29 is 5.11 Å². The third-order valence-electron chi connectivity index (χ3n) is 3.56. The molecule has 3 N–H and O–H groups in total. The van der Waals surface area contributed by atoms with Crippen LogP contribution in [0, 0.1) is 0 Å². The van der Waals surface area contributed by atoms with Crippen molar-refractivity contribution in [2.75, 3.05) is 6.61 Å². The van der Waals surface area contributed by atoms with Crippen molar-refractivity contribution in [3.05, 3.63) is 42.1 Å². The number of aliphatic hydroxyl groups excluding tert-OH is 1. The first-order chi connectivity index (χ1) is 9.67. The van der Waals surface area contributed by atoms with Crippen LogP contribution >= 0.6 is 0 Å². The summed E-state index contributed by atoms with van der Waals surface area (Å²) in [6.45, 7) is 4.99. The fourth-order valence-electron chi connectivity index (χ4n) is 2.29. The summed E-state index contributed by atoms with van der Waals surface area (Å²) in [7, 11) is 0. The van der Waals surface area contributed by atoms with Gasteiger partial charge in [-0.15, -0.1) is 0 Å². The first-order valence-corrected chi connectivity index (χ1v) is 7.12. The summed E-state index contributed by atoms with van der Waals surface area (Å²) in [5.41, 5.74) is 2.85. The molecule has 1 atom stereocenters. The highest BCUT2D eigenvalue weighted by Gasteiger charge is 2.21. The summed E-state index contributed by atoms with van der Waals surface area (Å²) in [4.78, 5) is 0. The Morgan fingerprint density at radius 3 is 2.70 bits per heavy atom. The average Bonchev–Trinajstić information content (AvgIpc) is 2.95. The van der Waals surface area contributed by atoms with E-state index in [1.54, 1.807) is 0 Å². The van der Waals surface area contributed by atoms with E-state index in [0.29, 0.717) is 6.54 Å². The highest BCUT2D eigenvalue weighted by molar-refractivity contribution is 5.58. The lowest BCUT2D eigenvalue weighted by Gasteiger charge is -2.28. The van der Waals surface area contributed by atoms with E-state index in [4.69, 9.17) is 0 Å². The molecule has 0 amide bonds. The molecule has 4 nitrogen and oxygen atoms in total. The average molecular weight is 273 g/mol. The number of hydrogen-bond acceptors (Lipinski definition) is 3. The van der Waals surface area contributed by atoms with Crippen LogP contribution in [0.25, 0.3) is 11.3 Å². The number of rotatable bonds is 7. The molecule has 1 aromatic heterocycles. The van der Waals surface area contributed by atoms with Gasteiger partial charge in [0.15, 0.2) is 0 Å². The number of aromatic nitrogens is 2. The second-order valence-electron chi connectivity index (χ2n) is 5.47. The van der Waals surface area contributed by atoms with E-state index in [1.807, 2.05) is 43.3 Å². The first-order valence-electron chi connectivity index (χ1n) is 7.12. The van der Waals surface area contributed by atoms with Crippen LogP contribution in [-0.2, 0) is 6.54 Å². The number of hydrogen-bond donors (Lipinski definition) is 3. The number of nitrogens with one attached hydrogen (secondary N) is 2. The van der Waals surface area contributed by atoms with Crippen molar-refractivity contribution in [1.29, 1.82) is 0 Å². The van der Waals surface area contributed by atoms with Gasteiger partial charge in [0.2, 0.25) is 0 Å². The maximum Gasteiger partial charge on any atom is 0.0924 e. The van der Waals surface area contributed by atoms with Crippen molar-refractivity contribution in [3.63, 3.8) is 0 Å². The first kappa shape index (κ1) is 14.8. The van der Waals surface area contributed by atoms with E-state index in [-0.39, 0.29) is 12.1 Å². The minimum atomic E-state index is -0.229. The fraction of sp³-hybridized carbons (Fsp3) is 0.438. The maximum absolute atomic E-state index is 9.49. The van der Waals surface area contributed by atoms with Crippen molar-refractivity contribution in [2.45, 2.75) is 38.8 Å². The third kappa shape index (κ3) is 3.68. The molecule has 0 radical (unpaired) electrons. The van der Waals surface area contributed by atoms with Gasteiger partial charge in [-0.3, -0.25) is 5.10 Å². The van der Waals surface area contributed by atoms with E-state index in [9.17, 15) is 5.11 Å². The zero-order valence-electron chi connectivity index (χ0n) is 12.2. The normalized spacial score (nSPS) is 14.2. The molecule has 0 aliphatic heterocycles. The molecule has 4 heteroatoms. The third-order valence-corrected chi connectivity index (χ3v) is 3.56. The summed E-state index contributed by atoms with van der Waals surface area (Å²) in [5.74, 6) is 0. The summed E-state index contributed by atoms with van der Waals surface area (Å²) < 4.78 is 0. The molecule has 2 aromatic rings. The van der Waals surface area contributed by atoms with Crippen molar-refractivity contribution >= 4 is 0 Å². The molecule has 0 spiro atoms. The number of aromatic amines is 1. The van der Waals surface area contributed by atoms with Gasteiger partial charge < -0.3 is 10.4 Å². The van der Waals surface area contributed by atoms with Crippen LogP contribution < -0.4 is 5.32 Å². The van der Waals surface area contributed by atoms with E-state index in [2.05, 4.69) is 22.4 Å². The summed E-state index contributed by atoms with van der Waals surface area (Å²) >= 11 is 0. The highest BCUT2D eigenvalue weighted by atomic mass is 16.3. The van der Waals surface area contributed by atoms with Gasteiger partial charge in [-0.1, -0.05) is 43.7 Å².